The number of hydrogen-bond donors (Lipinski definition) is 1. The third-order valence-electron chi connectivity index (χ3n) is 3.14. The number of carboxylic acid groups (broad SMARTS) is 1. The minimum absolute atomic E-state index is 0.313. The zero-order chi connectivity index (χ0) is 18.2. The number of aliphatic carboxylic acids is 1. The summed E-state index contributed by atoms with van der Waals surface area (Å²) in [7, 11) is -1.04. The Hall–Kier alpha value is -2.29. The molecule has 2 rings (SSSR count). The van der Waals surface area contributed by atoms with Crippen molar-refractivity contribution in [2.45, 2.75) is 18.2 Å². The van der Waals surface area contributed by atoms with Crippen LogP contribution in [0.5, 0.6) is 5.75 Å². The van der Waals surface area contributed by atoms with E-state index in [0.29, 0.717) is 27.7 Å². The SMILES string of the molecule is CCCS(=O)c1cccc(C#Cc2c(Cl)cccc2OCC(=O)O)c1. The van der Waals surface area contributed by atoms with Gasteiger partial charge in [-0.25, -0.2) is 4.79 Å². The molecule has 0 bridgehead atoms. The maximum absolute atomic E-state index is 12.1. The average Bonchev–Trinajstić information content (AvgIpc) is 2.59. The first-order valence-electron chi connectivity index (χ1n) is 7.65. The van der Waals surface area contributed by atoms with Crippen molar-refractivity contribution in [1.29, 1.82) is 0 Å². The van der Waals surface area contributed by atoms with Crippen molar-refractivity contribution in [3.8, 4) is 17.6 Å². The molecule has 2 aromatic carbocycles. The molecule has 0 aromatic heterocycles. The number of halogens is 1. The Bertz CT molecular complexity index is 852. The van der Waals surface area contributed by atoms with E-state index in [4.69, 9.17) is 21.4 Å². The van der Waals surface area contributed by atoms with Gasteiger partial charge in [-0.15, -0.1) is 0 Å². The van der Waals surface area contributed by atoms with Crippen LogP contribution >= 0.6 is 11.6 Å². The summed E-state index contributed by atoms with van der Waals surface area (Å²) < 4.78 is 17.3. The Labute approximate surface area is 154 Å². The molecule has 0 aliphatic rings. The molecule has 0 saturated carbocycles. The molecule has 6 heteroatoms. The molecule has 0 spiro atoms. The summed E-state index contributed by atoms with van der Waals surface area (Å²) in [4.78, 5) is 11.4. The molecule has 0 aliphatic carbocycles. The Morgan fingerprint density at radius 1 is 1.24 bits per heavy atom. The highest BCUT2D eigenvalue weighted by molar-refractivity contribution is 7.85. The lowest BCUT2D eigenvalue weighted by molar-refractivity contribution is -0.139. The van der Waals surface area contributed by atoms with Gasteiger partial charge in [0.2, 0.25) is 0 Å². The van der Waals surface area contributed by atoms with Crippen LogP contribution in [0.15, 0.2) is 47.4 Å². The predicted molar refractivity (Wildman–Crippen MR) is 98.6 cm³/mol. The fourth-order valence-electron chi connectivity index (χ4n) is 2.04. The molecule has 1 unspecified atom stereocenters. The van der Waals surface area contributed by atoms with Crippen LogP contribution < -0.4 is 4.74 Å². The van der Waals surface area contributed by atoms with Crippen molar-refractivity contribution in [2.24, 2.45) is 0 Å². The molecule has 130 valence electrons. The molecule has 0 saturated heterocycles. The normalized spacial score (nSPS) is 11.3. The molecular weight excluding hydrogens is 360 g/mol. The molecule has 0 amide bonds. The average molecular weight is 377 g/mol. The van der Waals surface area contributed by atoms with E-state index in [1.54, 1.807) is 30.3 Å². The van der Waals surface area contributed by atoms with Gasteiger partial charge in [0.05, 0.1) is 21.4 Å². The van der Waals surface area contributed by atoms with Crippen molar-refractivity contribution in [1.82, 2.24) is 0 Å². The van der Waals surface area contributed by atoms with Gasteiger partial charge < -0.3 is 9.84 Å². The van der Waals surface area contributed by atoms with Gasteiger partial charge in [0, 0.05) is 16.2 Å². The Kier molecular flexibility index (Phi) is 7.05. The van der Waals surface area contributed by atoms with Crippen LogP contribution in [-0.4, -0.2) is 27.6 Å². The van der Waals surface area contributed by atoms with Gasteiger partial charge in [-0.3, -0.25) is 4.21 Å². The topological polar surface area (TPSA) is 63.6 Å². The first kappa shape index (κ1) is 19.0. The summed E-state index contributed by atoms with van der Waals surface area (Å²) in [5.74, 6) is 5.73. The van der Waals surface area contributed by atoms with Gasteiger partial charge in [-0.2, -0.15) is 0 Å². The van der Waals surface area contributed by atoms with Gasteiger partial charge >= 0.3 is 5.97 Å². The number of ether oxygens (including phenoxy) is 1. The van der Waals surface area contributed by atoms with E-state index in [1.807, 2.05) is 19.1 Å². The van der Waals surface area contributed by atoms with E-state index in [0.717, 1.165) is 11.3 Å². The lowest BCUT2D eigenvalue weighted by Crippen LogP contribution is -2.10. The van der Waals surface area contributed by atoms with E-state index >= 15 is 0 Å². The smallest absolute Gasteiger partial charge is 0.341 e. The highest BCUT2D eigenvalue weighted by Gasteiger charge is 2.08. The van der Waals surface area contributed by atoms with Crippen molar-refractivity contribution < 1.29 is 18.8 Å². The Balaban J connectivity index is 2.31. The molecule has 1 N–H and O–H groups in total. The van der Waals surface area contributed by atoms with Gasteiger partial charge in [0.25, 0.3) is 0 Å². The number of hydrogen-bond acceptors (Lipinski definition) is 3. The van der Waals surface area contributed by atoms with Crippen LogP contribution in [0.3, 0.4) is 0 Å². The fourth-order valence-corrected chi connectivity index (χ4v) is 3.35. The maximum Gasteiger partial charge on any atom is 0.341 e. The maximum atomic E-state index is 12.1. The van der Waals surface area contributed by atoms with Gasteiger partial charge in [-0.1, -0.05) is 42.5 Å². The van der Waals surface area contributed by atoms with E-state index in [2.05, 4.69) is 11.8 Å². The predicted octanol–water partition coefficient (Wildman–Crippen LogP) is 3.72. The van der Waals surface area contributed by atoms with Crippen molar-refractivity contribution >= 4 is 28.4 Å². The highest BCUT2D eigenvalue weighted by atomic mass is 35.5. The van der Waals surface area contributed by atoms with Crippen molar-refractivity contribution in [3.05, 3.63) is 58.6 Å². The lowest BCUT2D eigenvalue weighted by atomic mass is 10.1. The van der Waals surface area contributed by atoms with Crippen LogP contribution in [0.2, 0.25) is 5.02 Å². The second kappa shape index (κ2) is 9.26. The first-order chi connectivity index (χ1) is 12.0. The monoisotopic (exact) mass is 376 g/mol. The highest BCUT2D eigenvalue weighted by Crippen LogP contribution is 2.25. The molecular formula is C19H17ClO4S. The number of carbonyl (C=O) groups is 1. The molecule has 0 fully saturated rings. The molecule has 25 heavy (non-hydrogen) atoms. The molecule has 0 heterocycles. The fraction of sp³-hybridized carbons (Fsp3) is 0.211. The van der Waals surface area contributed by atoms with Crippen LogP contribution in [0, 0.1) is 11.8 Å². The van der Waals surface area contributed by atoms with Gasteiger partial charge in [0.15, 0.2) is 6.61 Å². The molecule has 4 nitrogen and oxygen atoms in total. The minimum Gasteiger partial charge on any atom is -0.481 e. The Morgan fingerprint density at radius 2 is 2.00 bits per heavy atom. The van der Waals surface area contributed by atoms with Crippen molar-refractivity contribution in [2.75, 3.05) is 12.4 Å². The van der Waals surface area contributed by atoms with Crippen LogP contribution in [0.4, 0.5) is 0 Å². The van der Waals surface area contributed by atoms with Gasteiger partial charge in [0.1, 0.15) is 5.75 Å². The third kappa shape index (κ3) is 5.63. The Morgan fingerprint density at radius 3 is 2.72 bits per heavy atom. The zero-order valence-electron chi connectivity index (χ0n) is 13.6. The standard InChI is InChI=1S/C19H17ClO4S/c1-2-11-25(23)15-6-3-5-14(12-15)9-10-16-17(20)7-4-8-18(16)24-13-19(21)22/h3-8,12H,2,11,13H2,1H3,(H,21,22). The van der Waals surface area contributed by atoms with E-state index in [1.165, 1.54) is 0 Å². The quantitative estimate of drug-likeness (QED) is 0.780. The molecule has 2 aromatic rings. The number of carboxylic acids is 1. The number of rotatable bonds is 6. The number of benzene rings is 2. The first-order valence-corrected chi connectivity index (χ1v) is 9.34. The van der Waals surface area contributed by atoms with E-state index in [9.17, 15) is 9.00 Å². The zero-order valence-corrected chi connectivity index (χ0v) is 15.2. The van der Waals surface area contributed by atoms with E-state index < -0.39 is 23.4 Å². The second-order valence-electron chi connectivity index (χ2n) is 5.12. The largest absolute Gasteiger partial charge is 0.481 e. The van der Waals surface area contributed by atoms with Crippen LogP contribution in [-0.2, 0) is 15.6 Å². The molecule has 0 aliphatic heterocycles. The summed E-state index contributed by atoms with van der Waals surface area (Å²) in [6.45, 7) is 1.51. The molecule has 0 radical (unpaired) electrons. The summed E-state index contributed by atoms with van der Waals surface area (Å²) in [6.07, 6.45) is 0.840. The summed E-state index contributed by atoms with van der Waals surface area (Å²) >= 11 is 6.16. The molecule has 1 atom stereocenters. The van der Waals surface area contributed by atoms with Crippen molar-refractivity contribution in [3.63, 3.8) is 0 Å². The summed E-state index contributed by atoms with van der Waals surface area (Å²) in [5.41, 5.74) is 1.12. The summed E-state index contributed by atoms with van der Waals surface area (Å²) in [5, 5.41) is 9.12. The van der Waals surface area contributed by atoms with Crippen LogP contribution in [0.25, 0.3) is 0 Å². The second-order valence-corrected chi connectivity index (χ2v) is 7.10. The van der Waals surface area contributed by atoms with Crippen LogP contribution in [0.1, 0.15) is 24.5 Å². The summed E-state index contributed by atoms with van der Waals surface area (Å²) in [6, 6.07) is 12.2. The van der Waals surface area contributed by atoms with E-state index in [-0.39, 0.29) is 0 Å². The minimum atomic E-state index is -1.08. The van der Waals surface area contributed by atoms with Gasteiger partial charge in [-0.05, 0) is 36.8 Å². The third-order valence-corrected chi connectivity index (χ3v) is 5.02. The lowest BCUT2D eigenvalue weighted by Gasteiger charge is -2.07.